The zero-order valence-electron chi connectivity index (χ0n) is 10.2. The first-order valence-corrected chi connectivity index (χ1v) is 6.80. The van der Waals surface area contributed by atoms with Gasteiger partial charge in [0.1, 0.15) is 5.75 Å². The van der Waals surface area contributed by atoms with Gasteiger partial charge in [-0.2, -0.15) is 0 Å². The first-order chi connectivity index (χ1) is 8.49. The highest BCUT2D eigenvalue weighted by molar-refractivity contribution is 9.10. The van der Waals surface area contributed by atoms with Crippen LogP contribution < -0.4 is 10.5 Å². The van der Waals surface area contributed by atoms with Crippen LogP contribution in [0.2, 0.25) is 0 Å². The molecule has 0 saturated heterocycles. The molecule has 2 rings (SSSR count). The van der Waals surface area contributed by atoms with Crippen molar-refractivity contribution in [3.8, 4) is 5.75 Å². The summed E-state index contributed by atoms with van der Waals surface area (Å²) in [6.07, 6.45) is 4.23. The standard InChI is InChI=1S/C13H16BrF2NO/c1-18-12-8(14)7-9(15)11(16)10(12)13(17)5-3-2-4-6-13/h7H,2-6,17H2,1H3. The van der Waals surface area contributed by atoms with Gasteiger partial charge in [0.25, 0.3) is 0 Å². The highest BCUT2D eigenvalue weighted by atomic mass is 79.9. The summed E-state index contributed by atoms with van der Waals surface area (Å²) < 4.78 is 33.3. The summed E-state index contributed by atoms with van der Waals surface area (Å²) in [4.78, 5) is 0. The van der Waals surface area contributed by atoms with Crippen LogP contribution >= 0.6 is 15.9 Å². The highest BCUT2D eigenvalue weighted by Crippen LogP contribution is 2.44. The van der Waals surface area contributed by atoms with E-state index >= 15 is 0 Å². The van der Waals surface area contributed by atoms with Gasteiger partial charge in [-0.15, -0.1) is 0 Å². The van der Waals surface area contributed by atoms with Gasteiger partial charge in [-0.3, -0.25) is 0 Å². The monoisotopic (exact) mass is 319 g/mol. The van der Waals surface area contributed by atoms with Crippen LogP contribution in [0.15, 0.2) is 10.5 Å². The van der Waals surface area contributed by atoms with Crippen molar-refractivity contribution >= 4 is 15.9 Å². The Hall–Kier alpha value is -0.680. The van der Waals surface area contributed by atoms with E-state index in [2.05, 4.69) is 15.9 Å². The molecular weight excluding hydrogens is 304 g/mol. The minimum absolute atomic E-state index is 0.163. The Labute approximate surface area is 114 Å². The predicted molar refractivity (Wildman–Crippen MR) is 69.6 cm³/mol. The van der Waals surface area contributed by atoms with Crippen molar-refractivity contribution in [2.24, 2.45) is 5.73 Å². The number of ether oxygens (including phenoxy) is 1. The van der Waals surface area contributed by atoms with Crippen LogP contribution in [0.3, 0.4) is 0 Å². The summed E-state index contributed by atoms with van der Waals surface area (Å²) >= 11 is 3.20. The van der Waals surface area contributed by atoms with E-state index in [9.17, 15) is 8.78 Å². The molecule has 0 aromatic heterocycles. The molecule has 1 aromatic rings. The minimum Gasteiger partial charge on any atom is -0.495 e. The van der Waals surface area contributed by atoms with Gasteiger partial charge in [-0.05, 0) is 34.8 Å². The molecule has 2 nitrogen and oxygen atoms in total. The second-order valence-corrected chi connectivity index (χ2v) is 5.63. The van der Waals surface area contributed by atoms with Crippen molar-refractivity contribution in [3.05, 3.63) is 27.7 Å². The predicted octanol–water partition coefficient (Wildman–Crippen LogP) is 3.85. The van der Waals surface area contributed by atoms with Gasteiger partial charge in [0.15, 0.2) is 11.6 Å². The van der Waals surface area contributed by atoms with Crippen LogP contribution in [-0.4, -0.2) is 7.11 Å². The van der Waals surface area contributed by atoms with Crippen molar-refractivity contribution in [2.45, 2.75) is 37.6 Å². The van der Waals surface area contributed by atoms with E-state index in [4.69, 9.17) is 10.5 Å². The molecule has 0 atom stereocenters. The Kier molecular flexibility index (Phi) is 3.92. The van der Waals surface area contributed by atoms with Crippen molar-refractivity contribution < 1.29 is 13.5 Å². The normalized spacial score (nSPS) is 18.7. The number of methoxy groups -OCH3 is 1. The Morgan fingerprint density at radius 1 is 1.28 bits per heavy atom. The molecule has 1 aliphatic rings. The molecule has 1 aliphatic carbocycles. The summed E-state index contributed by atoms with van der Waals surface area (Å²) in [7, 11) is 1.44. The van der Waals surface area contributed by atoms with E-state index in [1.807, 2.05) is 0 Å². The first kappa shape index (κ1) is 13.7. The number of hydrogen-bond donors (Lipinski definition) is 1. The Morgan fingerprint density at radius 2 is 1.89 bits per heavy atom. The molecule has 0 bridgehead atoms. The van der Waals surface area contributed by atoms with Gasteiger partial charge < -0.3 is 10.5 Å². The Morgan fingerprint density at radius 3 is 2.44 bits per heavy atom. The third-order valence-electron chi connectivity index (χ3n) is 3.57. The van der Waals surface area contributed by atoms with Crippen LogP contribution in [0.5, 0.6) is 5.75 Å². The van der Waals surface area contributed by atoms with Gasteiger partial charge >= 0.3 is 0 Å². The number of hydrogen-bond acceptors (Lipinski definition) is 2. The second kappa shape index (κ2) is 5.13. The number of halogens is 3. The van der Waals surface area contributed by atoms with Crippen LogP contribution in [0.4, 0.5) is 8.78 Å². The first-order valence-electron chi connectivity index (χ1n) is 6.00. The molecule has 1 fully saturated rings. The molecular formula is C13H16BrF2NO. The van der Waals surface area contributed by atoms with E-state index in [1.165, 1.54) is 7.11 Å². The number of rotatable bonds is 2. The molecule has 0 amide bonds. The Bertz CT molecular complexity index is 459. The fourth-order valence-electron chi connectivity index (χ4n) is 2.66. The maximum atomic E-state index is 14.1. The molecule has 18 heavy (non-hydrogen) atoms. The van der Waals surface area contributed by atoms with E-state index in [-0.39, 0.29) is 5.56 Å². The van der Waals surface area contributed by atoms with Crippen molar-refractivity contribution in [3.63, 3.8) is 0 Å². The van der Waals surface area contributed by atoms with Gasteiger partial charge in [0.2, 0.25) is 0 Å². The van der Waals surface area contributed by atoms with Crippen LogP contribution in [0, 0.1) is 11.6 Å². The summed E-state index contributed by atoms with van der Waals surface area (Å²) in [6, 6.07) is 1.07. The third-order valence-corrected chi connectivity index (χ3v) is 4.16. The van der Waals surface area contributed by atoms with Crippen molar-refractivity contribution in [2.75, 3.05) is 7.11 Å². The topological polar surface area (TPSA) is 35.2 Å². The molecule has 0 radical (unpaired) electrons. The molecule has 0 unspecified atom stereocenters. The summed E-state index contributed by atoms with van der Waals surface area (Å²) in [5.74, 6) is -1.48. The lowest BCUT2D eigenvalue weighted by atomic mass is 9.77. The van der Waals surface area contributed by atoms with Crippen LogP contribution in [-0.2, 0) is 5.54 Å². The summed E-state index contributed by atoms with van der Waals surface area (Å²) in [6.45, 7) is 0. The lowest BCUT2D eigenvalue weighted by Gasteiger charge is -2.35. The fraction of sp³-hybridized carbons (Fsp3) is 0.538. The van der Waals surface area contributed by atoms with E-state index < -0.39 is 17.2 Å². The lowest BCUT2D eigenvalue weighted by Crippen LogP contribution is -2.40. The smallest absolute Gasteiger partial charge is 0.167 e. The zero-order chi connectivity index (χ0) is 13.3. The van der Waals surface area contributed by atoms with E-state index in [0.717, 1.165) is 25.3 Å². The molecule has 2 N–H and O–H groups in total. The van der Waals surface area contributed by atoms with E-state index in [0.29, 0.717) is 23.1 Å². The molecule has 0 heterocycles. The summed E-state index contributed by atoms with van der Waals surface area (Å²) in [5, 5.41) is 0. The molecule has 1 saturated carbocycles. The molecule has 100 valence electrons. The van der Waals surface area contributed by atoms with Crippen LogP contribution in [0.1, 0.15) is 37.7 Å². The summed E-state index contributed by atoms with van der Waals surface area (Å²) in [5.41, 5.74) is 5.62. The Balaban J connectivity index is 2.60. The SMILES string of the molecule is COc1c(Br)cc(F)c(F)c1C1(N)CCCCC1. The van der Waals surface area contributed by atoms with Gasteiger partial charge in [0, 0.05) is 5.54 Å². The average Bonchev–Trinajstić information content (AvgIpc) is 2.34. The zero-order valence-corrected chi connectivity index (χ0v) is 11.8. The lowest BCUT2D eigenvalue weighted by molar-refractivity contribution is 0.274. The third kappa shape index (κ3) is 2.26. The van der Waals surface area contributed by atoms with Gasteiger partial charge in [0.05, 0.1) is 17.1 Å². The van der Waals surface area contributed by atoms with Crippen molar-refractivity contribution in [1.29, 1.82) is 0 Å². The van der Waals surface area contributed by atoms with Crippen molar-refractivity contribution in [1.82, 2.24) is 0 Å². The fourth-order valence-corrected chi connectivity index (χ4v) is 3.22. The van der Waals surface area contributed by atoms with E-state index in [1.54, 1.807) is 0 Å². The maximum absolute atomic E-state index is 14.1. The average molecular weight is 320 g/mol. The quantitative estimate of drug-likeness (QED) is 0.840. The number of nitrogens with two attached hydrogens (primary N) is 1. The molecule has 0 spiro atoms. The minimum atomic E-state index is -0.895. The van der Waals surface area contributed by atoms with Gasteiger partial charge in [-0.1, -0.05) is 19.3 Å². The van der Waals surface area contributed by atoms with Crippen LogP contribution in [0.25, 0.3) is 0 Å². The second-order valence-electron chi connectivity index (χ2n) is 4.78. The molecule has 0 aliphatic heterocycles. The molecule has 1 aromatic carbocycles. The largest absolute Gasteiger partial charge is 0.495 e. The highest BCUT2D eigenvalue weighted by Gasteiger charge is 2.37. The number of benzene rings is 1. The molecule has 5 heteroatoms. The maximum Gasteiger partial charge on any atom is 0.167 e. The van der Waals surface area contributed by atoms with Gasteiger partial charge in [-0.25, -0.2) is 8.78 Å².